The minimum Gasteiger partial charge on any atom is -0.458 e. The monoisotopic (exact) mass is 469 g/mol. The first-order chi connectivity index (χ1) is 17.0. The number of ether oxygens (including phenoxy) is 1. The molecule has 35 heavy (non-hydrogen) atoms. The van der Waals surface area contributed by atoms with E-state index in [1.165, 1.54) is 12.8 Å². The van der Waals surface area contributed by atoms with E-state index in [0.29, 0.717) is 17.4 Å². The van der Waals surface area contributed by atoms with Crippen molar-refractivity contribution in [2.24, 2.45) is 0 Å². The van der Waals surface area contributed by atoms with Gasteiger partial charge < -0.3 is 15.0 Å². The number of likely N-dealkylation sites (N-methyl/N-ethyl adjacent to an activating group) is 1. The molecule has 2 heterocycles. The van der Waals surface area contributed by atoms with Crippen molar-refractivity contribution in [2.75, 3.05) is 24.2 Å². The van der Waals surface area contributed by atoms with Crippen molar-refractivity contribution in [1.82, 2.24) is 14.7 Å². The first kappa shape index (κ1) is 22.8. The molecule has 0 saturated heterocycles. The number of carbonyl (C=O) groups excluding carboxylic acids is 1. The summed E-state index contributed by atoms with van der Waals surface area (Å²) in [6.07, 6.45) is 10.7. The molecule has 0 unspecified atom stereocenters. The van der Waals surface area contributed by atoms with Crippen LogP contribution in [0.5, 0.6) is 5.75 Å². The number of hydrogen-bond acceptors (Lipinski definition) is 4. The minimum absolute atomic E-state index is 0.314. The number of benzene rings is 2. The average molecular weight is 470 g/mol. The van der Waals surface area contributed by atoms with E-state index >= 15 is 0 Å². The smallest absolute Gasteiger partial charge is 0.324 e. The number of allylic oxidation sites excluding steroid dienone is 1. The normalized spacial score (nSPS) is 15.7. The van der Waals surface area contributed by atoms with Gasteiger partial charge in [-0.25, -0.2) is 9.48 Å². The highest BCUT2D eigenvalue weighted by Gasteiger charge is 2.22. The maximum atomic E-state index is 12.9. The van der Waals surface area contributed by atoms with Crippen LogP contribution in [0.3, 0.4) is 0 Å². The topological polar surface area (TPSA) is 71.4 Å². The Morgan fingerprint density at radius 1 is 1.06 bits per heavy atom. The zero-order valence-corrected chi connectivity index (χ0v) is 20.2. The second-order valence-corrected chi connectivity index (χ2v) is 9.25. The van der Waals surface area contributed by atoms with E-state index in [4.69, 9.17) is 9.84 Å². The molecule has 0 atom stereocenters. The molecular formula is C28H31N5O2. The molecule has 7 nitrogen and oxygen atoms in total. The Labute approximate surface area is 206 Å². The van der Waals surface area contributed by atoms with Crippen molar-refractivity contribution >= 4 is 17.5 Å². The highest BCUT2D eigenvalue weighted by Crippen LogP contribution is 2.35. The molecule has 0 spiro atoms. The molecule has 2 N–H and O–H groups in total. The third kappa shape index (κ3) is 5.57. The van der Waals surface area contributed by atoms with Crippen molar-refractivity contribution in [3.8, 4) is 11.4 Å². The molecule has 1 aliphatic carbocycles. The lowest BCUT2D eigenvalue weighted by atomic mass is 10.0. The molecule has 5 rings (SSSR count). The van der Waals surface area contributed by atoms with Gasteiger partial charge in [0.05, 0.1) is 11.4 Å². The first-order valence-electron chi connectivity index (χ1n) is 12.1. The van der Waals surface area contributed by atoms with Gasteiger partial charge in [0.15, 0.2) is 0 Å². The van der Waals surface area contributed by atoms with Crippen molar-refractivity contribution in [3.05, 3.63) is 90.0 Å². The lowest BCUT2D eigenvalue weighted by molar-refractivity contribution is 0.262. The zero-order valence-electron chi connectivity index (χ0n) is 20.2. The molecule has 3 aromatic rings. The van der Waals surface area contributed by atoms with Crippen LogP contribution in [0.2, 0.25) is 0 Å². The van der Waals surface area contributed by atoms with E-state index < -0.39 is 0 Å². The number of amides is 2. The predicted octanol–water partition coefficient (Wildman–Crippen LogP) is 6.20. The van der Waals surface area contributed by atoms with Crippen molar-refractivity contribution in [2.45, 2.75) is 38.5 Å². The summed E-state index contributed by atoms with van der Waals surface area (Å²) in [5, 5.41) is 10.8. The number of anilines is 2. The third-order valence-electron chi connectivity index (χ3n) is 6.41. The van der Waals surface area contributed by atoms with Crippen LogP contribution in [0, 0.1) is 6.92 Å². The van der Waals surface area contributed by atoms with Gasteiger partial charge in [0.2, 0.25) is 0 Å². The van der Waals surface area contributed by atoms with E-state index in [2.05, 4.69) is 34.6 Å². The van der Waals surface area contributed by atoms with E-state index in [0.717, 1.165) is 47.8 Å². The first-order valence-corrected chi connectivity index (χ1v) is 12.1. The van der Waals surface area contributed by atoms with Crippen molar-refractivity contribution < 1.29 is 9.53 Å². The van der Waals surface area contributed by atoms with Crippen LogP contribution in [0.4, 0.5) is 16.3 Å². The van der Waals surface area contributed by atoms with Crippen LogP contribution in [0.1, 0.15) is 42.9 Å². The van der Waals surface area contributed by atoms with E-state index in [1.807, 2.05) is 72.5 Å². The van der Waals surface area contributed by atoms with Gasteiger partial charge in [-0.1, -0.05) is 25.0 Å². The number of hydrogen-bond donors (Lipinski definition) is 2. The Hall–Kier alpha value is -4.00. The summed E-state index contributed by atoms with van der Waals surface area (Å²) in [6, 6.07) is 17.2. The van der Waals surface area contributed by atoms with Crippen LogP contribution in [-0.2, 0) is 0 Å². The largest absolute Gasteiger partial charge is 0.458 e. The maximum Gasteiger partial charge on any atom is 0.324 e. The predicted molar refractivity (Wildman–Crippen MR) is 139 cm³/mol. The number of rotatable bonds is 6. The second-order valence-electron chi connectivity index (χ2n) is 9.25. The standard InChI is InChI=1S/C28H31N5O2/c1-20-6-5-9-23(18-20)33-27(19-26(31-33)21-7-3-4-8-21)30-28(34)29-22-10-12-24(13-11-22)35-25-14-16-32(2)17-15-25/h5-6,9-16,18-19,21H,3-4,7-8,17H2,1-2H3,(H2,29,30,34). The van der Waals surface area contributed by atoms with Gasteiger partial charge in [0, 0.05) is 37.5 Å². The Kier molecular flexibility index (Phi) is 6.57. The summed E-state index contributed by atoms with van der Waals surface area (Å²) >= 11 is 0. The van der Waals surface area contributed by atoms with Gasteiger partial charge in [-0.15, -0.1) is 0 Å². The fraction of sp³-hybridized carbons (Fsp3) is 0.286. The van der Waals surface area contributed by atoms with E-state index in [9.17, 15) is 4.79 Å². The lowest BCUT2D eigenvalue weighted by Crippen LogP contribution is -2.21. The van der Waals surface area contributed by atoms with Crippen molar-refractivity contribution in [1.29, 1.82) is 0 Å². The fourth-order valence-electron chi connectivity index (χ4n) is 4.53. The summed E-state index contributed by atoms with van der Waals surface area (Å²) in [6.45, 7) is 2.87. The Morgan fingerprint density at radius 2 is 1.86 bits per heavy atom. The maximum absolute atomic E-state index is 12.9. The number of carbonyl (C=O) groups is 1. The van der Waals surface area contributed by atoms with Gasteiger partial charge in [-0.3, -0.25) is 5.32 Å². The van der Waals surface area contributed by atoms with E-state index in [1.54, 1.807) is 0 Å². The number of nitrogens with zero attached hydrogens (tertiary/aromatic N) is 3. The Balaban J connectivity index is 1.28. The summed E-state index contributed by atoms with van der Waals surface area (Å²) in [4.78, 5) is 14.9. The number of nitrogens with one attached hydrogen (secondary N) is 2. The Morgan fingerprint density at radius 3 is 2.57 bits per heavy atom. The summed E-state index contributed by atoms with van der Waals surface area (Å²) in [7, 11) is 2.01. The summed E-state index contributed by atoms with van der Waals surface area (Å²) in [5.41, 5.74) is 3.80. The van der Waals surface area contributed by atoms with E-state index in [-0.39, 0.29) is 6.03 Å². The van der Waals surface area contributed by atoms with Crippen LogP contribution in [0.25, 0.3) is 5.69 Å². The van der Waals surface area contributed by atoms with Crippen LogP contribution >= 0.6 is 0 Å². The van der Waals surface area contributed by atoms with Crippen LogP contribution in [-0.4, -0.2) is 34.3 Å². The SMILES string of the molecule is Cc1cccc(-n2nc(C3CCCC3)cc2NC(=O)Nc2ccc(OC3=CCN(C)C=C3)cc2)c1. The molecular weight excluding hydrogens is 438 g/mol. The molecule has 1 fully saturated rings. The molecule has 1 aliphatic heterocycles. The molecule has 1 saturated carbocycles. The van der Waals surface area contributed by atoms with Crippen molar-refractivity contribution in [3.63, 3.8) is 0 Å². The average Bonchev–Trinajstić information content (AvgIpc) is 3.52. The van der Waals surface area contributed by atoms with Gasteiger partial charge in [0.1, 0.15) is 17.3 Å². The van der Waals surface area contributed by atoms with Crippen LogP contribution < -0.4 is 15.4 Å². The molecule has 0 bridgehead atoms. The molecule has 0 radical (unpaired) electrons. The van der Waals surface area contributed by atoms with Gasteiger partial charge >= 0.3 is 6.03 Å². The fourth-order valence-corrected chi connectivity index (χ4v) is 4.53. The number of aromatic nitrogens is 2. The quantitative estimate of drug-likeness (QED) is 0.451. The number of aryl methyl sites for hydroxylation is 1. The second kappa shape index (κ2) is 10.1. The molecule has 7 heteroatoms. The molecule has 2 aliphatic rings. The zero-order chi connectivity index (χ0) is 24.2. The highest BCUT2D eigenvalue weighted by atomic mass is 16.5. The molecule has 2 amide bonds. The van der Waals surface area contributed by atoms with Gasteiger partial charge in [0.25, 0.3) is 0 Å². The van der Waals surface area contributed by atoms with Crippen LogP contribution in [0.15, 0.2) is 78.7 Å². The summed E-state index contributed by atoms with van der Waals surface area (Å²) < 4.78 is 7.73. The van der Waals surface area contributed by atoms with Gasteiger partial charge in [-0.05, 0) is 73.9 Å². The minimum atomic E-state index is -0.314. The summed E-state index contributed by atoms with van der Waals surface area (Å²) in [5.74, 6) is 2.64. The lowest BCUT2D eigenvalue weighted by Gasteiger charge is -2.17. The number of urea groups is 1. The Bertz CT molecular complexity index is 1250. The third-order valence-corrected chi connectivity index (χ3v) is 6.41. The molecule has 180 valence electrons. The molecule has 2 aromatic carbocycles. The van der Waals surface area contributed by atoms with Gasteiger partial charge in [-0.2, -0.15) is 5.10 Å². The highest BCUT2D eigenvalue weighted by molar-refractivity contribution is 5.99. The molecule has 1 aromatic heterocycles.